The molecule has 2 N–H and O–H groups in total. The molecule has 176 valence electrons. The Labute approximate surface area is 186 Å². The number of sulfonamides is 1. The number of carbonyl (C=O) groups excluding carboxylic acids is 3. The first-order valence-electron chi connectivity index (χ1n) is 9.98. The molecule has 0 atom stereocenters. The van der Waals surface area contributed by atoms with Gasteiger partial charge in [0.15, 0.2) is 0 Å². The van der Waals surface area contributed by atoms with Gasteiger partial charge in [-0.1, -0.05) is 13.8 Å². The summed E-state index contributed by atoms with van der Waals surface area (Å²) >= 11 is 0. The standard InChI is InChI=1S/C20H27N3O8S/c1-5-23(6-2)32(27,28)17-10-13(8-9-16(17)29-4)18(24)31-12-15-14(19(25)30-7-3)11-21-20(26)22-15/h8-10H,5-7,11-12H2,1-4H3,(H2,21,22,26). The van der Waals surface area contributed by atoms with Crippen LogP contribution in [0, 0.1) is 0 Å². The maximum atomic E-state index is 13.0. The number of methoxy groups -OCH3 is 1. The highest BCUT2D eigenvalue weighted by molar-refractivity contribution is 7.89. The highest BCUT2D eigenvalue weighted by Crippen LogP contribution is 2.28. The number of nitrogens with zero attached hydrogens (tertiary/aromatic N) is 1. The molecule has 0 aromatic heterocycles. The van der Waals surface area contributed by atoms with E-state index in [4.69, 9.17) is 14.2 Å². The number of esters is 2. The van der Waals surface area contributed by atoms with Crippen molar-refractivity contribution in [2.45, 2.75) is 25.7 Å². The summed E-state index contributed by atoms with van der Waals surface area (Å²) in [4.78, 5) is 36.2. The summed E-state index contributed by atoms with van der Waals surface area (Å²) in [6.07, 6.45) is 0. The van der Waals surface area contributed by atoms with Crippen molar-refractivity contribution in [3.63, 3.8) is 0 Å². The van der Waals surface area contributed by atoms with Crippen LogP contribution in [0.25, 0.3) is 0 Å². The summed E-state index contributed by atoms with van der Waals surface area (Å²) in [6.45, 7) is 5.18. The van der Waals surface area contributed by atoms with Gasteiger partial charge in [-0.15, -0.1) is 0 Å². The van der Waals surface area contributed by atoms with Crippen LogP contribution in [0.4, 0.5) is 4.79 Å². The summed E-state index contributed by atoms with van der Waals surface area (Å²) in [5.41, 5.74) is 0.180. The van der Waals surface area contributed by atoms with Crippen molar-refractivity contribution in [2.75, 3.05) is 40.0 Å². The van der Waals surface area contributed by atoms with Crippen LogP contribution in [-0.4, -0.2) is 70.7 Å². The Morgan fingerprint density at radius 2 is 1.78 bits per heavy atom. The second kappa shape index (κ2) is 11.0. The average molecular weight is 470 g/mol. The Balaban J connectivity index is 2.30. The van der Waals surface area contributed by atoms with Crippen LogP contribution in [0.2, 0.25) is 0 Å². The lowest BCUT2D eigenvalue weighted by Crippen LogP contribution is -2.45. The number of hydrogen-bond donors (Lipinski definition) is 2. The molecule has 32 heavy (non-hydrogen) atoms. The summed E-state index contributed by atoms with van der Waals surface area (Å²) in [7, 11) is -2.57. The summed E-state index contributed by atoms with van der Waals surface area (Å²) < 4.78 is 42.5. The van der Waals surface area contributed by atoms with Gasteiger partial charge in [0, 0.05) is 13.1 Å². The predicted octanol–water partition coefficient (Wildman–Crippen LogP) is 1.01. The van der Waals surface area contributed by atoms with Crippen molar-refractivity contribution in [1.29, 1.82) is 0 Å². The van der Waals surface area contributed by atoms with E-state index in [2.05, 4.69) is 10.6 Å². The van der Waals surface area contributed by atoms with Crippen LogP contribution in [0.5, 0.6) is 5.75 Å². The van der Waals surface area contributed by atoms with Crippen molar-refractivity contribution in [3.8, 4) is 5.75 Å². The number of carbonyl (C=O) groups is 3. The smallest absolute Gasteiger partial charge is 0.338 e. The van der Waals surface area contributed by atoms with E-state index in [0.717, 1.165) is 0 Å². The zero-order valence-electron chi connectivity index (χ0n) is 18.4. The largest absolute Gasteiger partial charge is 0.495 e. The molecule has 0 unspecified atom stereocenters. The normalized spacial score (nSPS) is 14.0. The fraction of sp³-hybridized carbons (Fsp3) is 0.450. The van der Waals surface area contributed by atoms with E-state index in [9.17, 15) is 22.8 Å². The first-order chi connectivity index (χ1) is 15.2. The molecule has 0 aliphatic carbocycles. The summed E-state index contributed by atoms with van der Waals surface area (Å²) in [5, 5.41) is 4.87. The Morgan fingerprint density at radius 1 is 1.09 bits per heavy atom. The molecule has 1 aliphatic rings. The molecule has 12 heteroatoms. The van der Waals surface area contributed by atoms with Crippen molar-refractivity contribution < 1.29 is 37.0 Å². The Morgan fingerprint density at radius 3 is 2.38 bits per heavy atom. The third-order valence-corrected chi connectivity index (χ3v) is 6.72. The molecule has 1 aromatic rings. The Bertz CT molecular complexity index is 1020. The maximum Gasteiger partial charge on any atom is 0.338 e. The van der Waals surface area contributed by atoms with Crippen molar-refractivity contribution in [1.82, 2.24) is 14.9 Å². The number of hydrogen-bond acceptors (Lipinski definition) is 8. The second-order valence-corrected chi connectivity index (χ2v) is 8.42. The molecule has 0 fully saturated rings. The van der Waals surface area contributed by atoms with Gasteiger partial charge in [-0.3, -0.25) is 0 Å². The van der Waals surface area contributed by atoms with Gasteiger partial charge in [-0.05, 0) is 25.1 Å². The maximum absolute atomic E-state index is 13.0. The van der Waals surface area contributed by atoms with Crippen LogP contribution in [0.3, 0.4) is 0 Å². The molecule has 0 bridgehead atoms. The third kappa shape index (κ3) is 5.56. The molecule has 1 heterocycles. The SMILES string of the molecule is CCOC(=O)C1=C(COC(=O)c2ccc(OC)c(S(=O)(=O)N(CC)CC)c2)NC(=O)NC1. The number of rotatable bonds is 10. The second-order valence-electron chi connectivity index (χ2n) is 6.52. The fourth-order valence-electron chi connectivity index (χ4n) is 3.00. The average Bonchev–Trinajstić information content (AvgIpc) is 2.77. The molecule has 2 rings (SSSR count). The number of ether oxygens (including phenoxy) is 3. The van der Waals surface area contributed by atoms with E-state index in [-0.39, 0.29) is 53.7 Å². The Kier molecular flexibility index (Phi) is 8.61. The fourth-order valence-corrected chi connectivity index (χ4v) is 4.64. The van der Waals surface area contributed by atoms with E-state index in [1.807, 2.05) is 0 Å². The zero-order valence-corrected chi connectivity index (χ0v) is 19.2. The van der Waals surface area contributed by atoms with Crippen LogP contribution in [0.15, 0.2) is 34.4 Å². The van der Waals surface area contributed by atoms with E-state index in [1.165, 1.54) is 29.6 Å². The highest BCUT2D eigenvalue weighted by Gasteiger charge is 2.28. The minimum absolute atomic E-state index is 0.0323. The zero-order chi connectivity index (χ0) is 23.9. The molecule has 0 spiro atoms. The van der Waals surface area contributed by atoms with E-state index < -0.39 is 34.6 Å². The predicted molar refractivity (Wildman–Crippen MR) is 114 cm³/mol. The van der Waals surface area contributed by atoms with E-state index in [1.54, 1.807) is 20.8 Å². The molecule has 1 aromatic carbocycles. The lowest BCUT2D eigenvalue weighted by molar-refractivity contribution is -0.138. The summed E-state index contributed by atoms with van der Waals surface area (Å²) in [6, 6.07) is 3.35. The molecular formula is C20H27N3O8S. The van der Waals surface area contributed by atoms with Crippen LogP contribution in [0.1, 0.15) is 31.1 Å². The van der Waals surface area contributed by atoms with Gasteiger partial charge < -0.3 is 24.8 Å². The lowest BCUT2D eigenvalue weighted by atomic mass is 10.1. The number of nitrogens with one attached hydrogen (secondary N) is 2. The first-order valence-corrected chi connectivity index (χ1v) is 11.4. The molecule has 1 aliphatic heterocycles. The van der Waals surface area contributed by atoms with E-state index >= 15 is 0 Å². The van der Waals surface area contributed by atoms with Crippen LogP contribution in [-0.2, 0) is 24.3 Å². The van der Waals surface area contributed by atoms with Crippen molar-refractivity contribution in [3.05, 3.63) is 35.0 Å². The van der Waals surface area contributed by atoms with E-state index in [0.29, 0.717) is 0 Å². The van der Waals surface area contributed by atoms with Crippen molar-refractivity contribution >= 4 is 28.0 Å². The van der Waals surface area contributed by atoms with Crippen molar-refractivity contribution in [2.24, 2.45) is 0 Å². The van der Waals surface area contributed by atoms with Crippen LogP contribution < -0.4 is 15.4 Å². The van der Waals surface area contributed by atoms with Gasteiger partial charge in [0.2, 0.25) is 10.0 Å². The summed E-state index contributed by atoms with van der Waals surface area (Å²) in [5.74, 6) is -1.40. The van der Waals surface area contributed by atoms with Gasteiger partial charge in [-0.2, -0.15) is 4.31 Å². The molecule has 0 saturated heterocycles. The molecule has 0 radical (unpaired) electrons. The minimum atomic E-state index is -3.90. The molecule has 11 nitrogen and oxygen atoms in total. The topological polar surface area (TPSA) is 140 Å². The number of amides is 2. The van der Waals surface area contributed by atoms with Gasteiger partial charge in [0.1, 0.15) is 17.3 Å². The lowest BCUT2D eigenvalue weighted by Gasteiger charge is -2.21. The number of urea groups is 1. The quantitative estimate of drug-likeness (QED) is 0.484. The van der Waals surface area contributed by atoms with Crippen LogP contribution >= 0.6 is 0 Å². The monoisotopic (exact) mass is 469 g/mol. The van der Waals surface area contributed by atoms with Gasteiger partial charge in [0.25, 0.3) is 0 Å². The Hall–Kier alpha value is -3.12. The van der Waals surface area contributed by atoms with Gasteiger partial charge >= 0.3 is 18.0 Å². The van der Waals surface area contributed by atoms with Gasteiger partial charge in [-0.25, -0.2) is 22.8 Å². The third-order valence-electron chi connectivity index (χ3n) is 4.65. The number of benzene rings is 1. The van der Waals surface area contributed by atoms with Gasteiger partial charge in [0.05, 0.1) is 37.1 Å². The minimum Gasteiger partial charge on any atom is -0.495 e. The first kappa shape index (κ1) is 25.1. The molecule has 2 amide bonds. The molecule has 0 saturated carbocycles. The molecular weight excluding hydrogens is 442 g/mol. The highest BCUT2D eigenvalue weighted by atomic mass is 32.2.